The van der Waals surface area contributed by atoms with Crippen molar-refractivity contribution in [1.82, 2.24) is 4.90 Å². The number of nitrogens with two attached hydrogens (primary N) is 1. The molecule has 0 aromatic heterocycles. The number of nitrogens with zero attached hydrogens (tertiary/aromatic N) is 1. The lowest BCUT2D eigenvalue weighted by atomic mass is 10.4. The molecule has 0 aliphatic carbocycles. The van der Waals surface area contributed by atoms with Crippen LogP contribution < -0.4 is 5.73 Å². The standard InChI is InChI=1S/C7H12N2O2/c1-2-3-7(11)9(6-10)5-4-8/h2-3,6H,4-5,8H2,1H3/b3-2-. The van der Waals surface area contributed by atoms with Crippen molar-refractivity contribution < 1.29 is 9.59 Å². The molecule has 0 unspecified atom stereocenters. The third kappa shape index (κ3) is 3.52. The van der Waals surface area contributed by atoms with Crippen LogP contribution in [0.15, 0.2) is 12.2 Å². The Hall–Kier alpha value is -1.16. The third-order valence-corrected chi connectivity index (χ3v) is 1.09. The average molecular weight is 156 g/mol. The van der Waals surface area contributed by atoms with Crippen LogP contribution in [0.2, 0.25) is 0 Å². The van der Waals surface area contributed by atoms with Gasteiger partial charge in [-0.15, -0.1) is 0 Å². The molecule has 0 spiro atoms. The first-order valence-electron chi connectivity index (χ1n) is 3.35. The van der Waals surface area contributed by atoms with Crippen LogP contribution in [0.1, 0.15) is 6.92 Å². The largest absolute Gasteiger partial charge is 0.329 e. The van der Waals surface area contributed by atoms with Gasteiger partial charge in [-0.2, -0.15) is 0 Å². The van der Waals surface area contributed by atoms with Crippen molar-refractivity contribution in [3.63, 3.8) is 0 Å². The highest BCUT2D eigenvalue weighted by Crippen LogP contribution is 1.85. The van der Waals surface area contributed by atoms with E-state index in [9.17, 15) is 9.59 Å². The predicted octanol–water partition coefficient (Wildman–Crippen LogP) is -0.494. The Balaban J connectivity index is 4.02. The van der Waals surface area contributed by atoms with Gasteiger partial charge >= 0.3 is 0 Å². The molecule has 2 N–H and O–H groups in total. The van der Waals surface area contributed by atoms with Crippen LogP contribution in [0.25, 0.3) is 0 Å². The Kier molecular flexibility index (Phi) is 5.02. The average Bonchev–Trinajstić information content (AvgIpc) is 2.00. The summed E-state index contributed by atoms with van der Waals surface area (Å²) in [7, 11) is 0. The molecule has 0 bridgehead atoms. The molecule has 0 radical (unpaired) electrons. The molecule has 4 nitrogen and oxygen atoms in total. The topological polar surface area (TPSA) is 63.4 Å². The van der Waals surface area contributed by atoms with Gasteiger partial charge in [-0.25, -0.2) is 0 Å². The van der Waals surface area contributed by atoms with Crippen molar-refractivity contribution in [3.8, 4) is 0 Å². The molecule has 11 heavy (non-hydrogen) atoms. The number of carbonyl (C=O) groups is 2. The summed E-state index contributed by atoms with van der Waals surface area (Å²) in [5.41, 5.74) is 5.16. The molecule has 0 atom stereocenters. The zero-order valence-corrected chi connectivity index (χ0v) is 6.49. The summed E-state index contributed by atoms with van der Waals surface area (Å²) in [6, 6.07) is 0. The van der Waals surface area contributed by atoms with E-state index in [1.807, 2.05) is 0 Å². The van der Waals surface area contributed by atoms with Gasteiger partial charge in [-0.3, -0.25) is 14.5 Å². The maximum atomic E-state index is 10.9. The molecule has 0 saturated carbocycles. The van der Waals surface area contributed by atoms with Crippen LogP contribution >= 0.6 is 0 Å². The van der Waals surface area contributed by atoms with E-state index < -0.39 is 0 Å². The number of allylic oxidation sites excluding steroid dienone is 1. The summed E-state index contributed by atoms with van der Waals surface area (Å²) in [5.74, 6) is -0.326. The van der Waals surface area contributed by atoms with E-state index in [4.69, 9.17) is 5.73 Å². The van der Waals surface area contributed by atoms with E-state index in [0.29, 0.717) is 13.0 Å². The third-order valence-electron chi connectivity index (χ3n) is 1.09. The zero-order chi connectivity index (χ0) is 8.69. The highest BCUT2D eigenvalue weighted by Gasteiger charge is 2.05. The molecular formula is C7H12N2O2. The van der Waals surface area contributed by atoms with Crippen LogP contribution in [-0.2, 0) is 9.59 Å². The summed E-state index contributed by atoms with van der Waals surface area (Å²) in [5, 5.41) is 0. The normalized spacial score (nSPS) is 10.0. The van der Waals surface area contributed by atoms with Gasteiger partial charge in [0.15, 0.2) is 0 Å². The van der Waals surface area contributed by atoms with Crippen molar-refractivity contribution in [2.45, 2.75) is 6.92 Å². The van der Waals surface area contributed by atoms with E-state index in [1.54, 1.807) is 13.0 Å². The molecule has 0 heterocycles. The summed E-state index contributed by atoms with van der Waals surface area (Å²) in [6.45, 7) is 2.28. The van der Waals surface area contributed by atoms with E-state index in [0.717, 1.165) is 4.90 Å². The van der Waals surface area contributed by atoms with Gasteiger partial charge in [-0.05, 0) is 13.0 Å². The van der Waals surface area contributed by atoms with Gasteiger partial charge in [0.25, 0.3) is 5.91 Å². The fourth-order valence-corrected chi connectivity index (χ4v) is 0.592. The lowest BCUT2D eigenvalue weighted by molar-refractivity contribution is -0.134. The van der Waals surface area contributed by atoms with Crippen LogP contribution in [0, 0.1) is 0 Å². The number of carbonyl (C=O) groups excluding carboxylic acids is 2. The van der Waals surface area contributed by atoms with Crippen LogP contribution in [-0.4, -0.2) is 30.3 Å². The number of rotatable bonds is 4. The quantitative estimate of drug-likeness (QED) is 0.441. The molecular weight excluding hydrogens is 144 g/mol. The molecule has 0 saturated heterocycles. The predicted molar refractivity (Wildman–Crippen MR) is 41.6 cm³/mol. The minimum absolute atomic E-state index is 0.271. The Bertz CT molecular complexity index is 166. The lowest BCUT2D eigenvalue weighted by Gasteiger charge is -2.10. The van der Waals surface area contributed by atoms with Crippen molar-refractivity contribution in [3.05, 3.63) is 12.2 Å². The second kappa shape index (κ2) is 5.61. The number of hydrogen-bond acceptors (Lipinski definition) is 3. The molecule has 0 aromatic carbocycles. The molecule has 2 amide bonds. The van der Waals surface area contributed by atoms with Gasteiger partial charge < -0.3 is 5.73 Å². The van der Waals surface area contributed by atoms with Gasteiger partial charge in [0.2, 0.25) is 6.41 Å². The van der Waals surface area contributed by atoms with E-state index in [-0.39, 0.29) is 12.5 Å². The summed E-state index contributed by atoms with van der Waals surface area (Å²) in [6.07, 6.45) is 3.38. The van der Waals surface area contributed by atoms with Crippen LogP contribution in [0.5, 0.6) is 0 Å². The first-order valence-corrected chi connectivity index (χ1v) is 3.35. The Morgan fingerprint density at radius 1 is 1.64 bits per heavy atom. The minimum atomic E-state index is -0.326. The number of amides is 2. The van der Waals surface area contributed by atoms with Gasteiger partial charge in [-0.1, -0.05) is 6.08 Å². The fourth-order valence-electron chi connectivity index (χ4n) is 0.592. The van der Waals surface area contributed by atoms with E-state index in [1.165, 1.54) is 6.08 Å². The number of hydrogen-bond donors (Lipinski definition) is 1. The maximum absolute atomic E-state index is 10.9. The summed E-state index contributed by atoms with van der Waals surface area (Å²) >= 11 is 0. The van der Waals surface area contributed by atoms with Crippen LogP contribution in [0.3, 0.4) is 0 Å². The molecule has 0 aromatic rings. The number of imide groups is 1. The van der Waals surface area contributed by atoms with Gasteiger partial charge in [0.1, 0.15) is 0 Å². The Morgan fingerprint density at radius 2 is 2.27 bits per heavy atom. The second-order valence-electron chi connectivity index (χ2n) is 1.93. The van der Waals surface area contributed by atoms with E-state index >= 15 is 0 Å². The first kappa shape index (κ1) is 9.84. The molecule has 0 aliphatic heterocycles. The monoisotopic (exact) mass is 156 g/mol. The molecule has 0 rings (SSSR count). The smallest absolute Gasteiger partial charge is 0.252 e. The van der Waals surface area contributed by atoms with Crippen molar-refractivity contribution in [2.24, 2.45) is 5.73 Å². The van der Waals surface area contributed by atoms with Gasteiger partial charge in [0.05, 0.1) is 0 Å². The van der Waals surface area contributed by atoms with Crippen molar-refractivity contribution >= 4 is 12.3 Å². The van der Waals surface area contributed by atoms with Crippen LogP contribution in [0.4, 0.5) is 0 Å². The first-order chi connectivity index (χ1) is 5.26. The Labute approximate surface area is 65.7 Å². The van der Waals surface area contributed by atoms with Crippen molar-refractivity contribution in [2.75, 3.05) is 13.1 Å². The summed E-state index contributed by atoms with van der Waals surface area (Å²) < 4.78 is 0. The maximum Gasteiger partial charge on any atom is 0.252 e. The summed E-state index contributed by atoms with van der Waals surface area (Å²) in [4.78, 5) is 22.2. The Morgan fingerprint density at radius 3 is 2.64 bits per heavy atom. The highest BCUT2D eigenvalue weighted by atomic mass is 16.2. The second-order valence-corrected chi connectivity index (χ2v) is 1.93. The van der Waals surface area contributed by atoms with E-state index in [2.05, 4.69) is 0 Å². The van der Waals surface area contributed by atoms with Gasteiger partial charge in [0, 0.05) is 13.1 Å². The molecule has 0 fully saturated rings. The molecule has 0 aliphatic rings. The van der Waals surface area contributed by atoms with Crippen molar-refractivity contribution in [1.29, 1.82) is 0 Å². The zero-order valence-electron chi connectivity index (χ0n) is 6.49. The molecule has 4 heteroatoms. The highest BCUT2D eigenvalue weighted by molar-refractivity contribution is 5.94. The minimum Gasteiger partial charge on any atom is -0.329 e. The lowest BCUT2D eigenvalue weighted by Crippen LogP contribution is -2.32. The molecule has 62 valence electrons. The fraction of sp³-hybridized carbons (Fsp3) is 0.429. The SMILES string of the molecule is C/C=C\C(=O)N(C=O)CCN.